The fraction of sp³-hybridized carbons (Fsp3) is 0.600. The van der Waals surface area contributed by atoms with Crippen molar-refractivity contribution in [2.45, 2.75) is 19.8 Å². The number of anilines is 1. The van der Waals surface area contributed by atoms with Gasteiger partial charge in [-0.1, -0.05) is 0 Å². The molecule has 1 fully saturated rings. The molecule has 1 aliphatic rings. The van der Waals surface area contributed by atoms with Crippen molar-refractivity contribution >= 4 is 5.69 Å². The monoisotopic (exact) mass is 248 g/mol. The molecule has 2 rings (SSSR count). The molecule has 1 heterocycles. The van der Waals surface area contributed by atoms with Crippen molar-refractivity contribution in [2.75, 3.05) is 38.6 Å². The van der Waals surface area contributed by atoms with Crippen molar-refractivity contribution < 1.29 is 4.74 Å². The Morgan fingerprint density at radius 3 is 2.50 bits per heavy atom. The molecule has 1 N–H and O–H groups in total. The second-order valence-corrected chi connectivity index (χ2v) is 5.08. The molecule has 1 aliphatic heterocycles. The maximum Gasteiger partial charge on any atom is 0.119 e. The minimum atomic E-state index is 0.725. The van der Waals surface area contributed by atoms with Gasteiger partial charge in [-0.15, -0.1) is 0 Å². The van der Waals surface area contributed by atoms with Crippen LogP contribution in [0.3, 0.4) is 0 Å². The Hall–Kier alpha value is -1.22. The van der Waals surface area contributed by atoms with Crippen LogP contribution >= 0.6 is 0 Å². The van der Waals surface area contributed by atoms with E-state index < -0.39 is 0 Å². The molecular formula is C15H24N2O. The topological polar surface area (TPSA) is 24.5 Å². The predicted molar refractivity (Wildman–Crippen MR) is 76.3 cm³/mol. The molecule has 0 radical (unpaired) electrons. The molecule has 0 aromatic heterocycles. The Labute approximate surface area is 110 Å². The minimum Gasteiger partial charge on any atom is -0.494 e. The van der Waals surface area contributed by atoms with Crippen molar-refractivity contribution in [1.82, 2.24) is 4.90 Å². The SMILES string of the molecule is CCOc1ccc(NCC2CCN(C)CC2)cc1. The van der Waals surface area contributed by atoms with Crippen LogP contribution in [-0.4, -0.2) is 38.2 Å². The quantitative estimate of drug-likeness (QED) is 0.867. The highest BCUT2D eigenvalue weighted by Gasteiger charge is 2.15. The number of ether oxygens (including phenoxy) is 1. The highest BCUT2D eigenvalue weighted by atomic mass is 16.5. The summed E-state index contributed by atoms with van der Waals surface area (Å²) in [5, 5.41) is 3.52. The van der Waals surface area contributed by atoms with E-state index in [2.05, 4.69) is 29.4 Å². The van der Waals surface area contributed by atoms with Crippen LogP contribution in [0.1, 0.15) is 19.8 Å². The Morgan fingerprint density at radius 2 is 1.89 bits per heavy atom. The number of piperidine rings is 1. The lowest BCUT2D eigenvalue weighted by Crippen LogP contribution is -2.32. The molecule has 100 valence electrons. The summed E-state index contributed by atoms with van der Waals surface area (Å²) in [6.45, 7) is 6.28. The summed E-state index contributed by atoms with van der Waals surface area (Å²) in [4.78, 5) is 2.41. The molecule has 1 saturated heterocycles. The molecule has 3 nitrogen and oxygen atoms in total. The first-order valence-electron chi connectivity index (χ1n) is 6.93. The van der Waals surface area contributed by atoms with Crippen LogP contribution in [0.4, 0.5) is 5.69 Å². The Kier molecular flexibility index (Phi) is 4.88. The zero-order chi connectivity index (χ0) is 12.8. The summed E-state index contributed by atoms with van der Waals surface area (Å²) in [5.41, 5.74) is 1.19. The van der Waals surface area contributed by atoms with Gasteiger partial charge in [0.2, 0.25) is 0 Å². The smallest absolute Gasteiger partial charge is 0.119 e. The first-order chi connectivity index (χ1) is 8.78. The van der Waals surface area contributed by atoms with Crippen molar-refractivity contribution in [3.05, 3.63) is 24.3 Å². The first-order valence-corrected chi connectivity index (χ1v) is 6.93. The van der Waals surface area contributed by atoms with E-state index >= 15 is 0 Å². The number of likely N-dealkylation sites (tertiary alicyclic amines) is 1. The summed E-state index contributed by atoms with van der Waals surface area (Å²) in [5.74, 6) is 1.76. The van der Waals surface area contributed by atoms with Gasteiger partial charge in [0.1, 0.15) is 5.75 Å². The van der Waals surface area contributed by atoms with Crippen molar-refractivity contribution in [3.63, 3.8) is 0 Å². The first kappa shape index (κ1) is 13.2. The summed E-state index contributed by atoms with van der Waals surface area (Å²) >= 11 is 0. The van der Waals surface area contributed by atoms with Gasteiger partial charge in [-0.05, 0) is 70.1 Å². The van der Waals surface area contributed by atoms with Gasteiger partial charge >= 0.3 is 0 Å². The lowest BCUT2D eigenvalue weighted by molar-refractivity contribution is 0.226. The summed E-state index contributed by atoms with van der Waals surface area (Å²) in [6.07, 6.45) is 2.61. The minimum absolute atomic E-state index is 0.725. The number of hydrogen-bond acceptors (Lipinski definition) is 3. The molecule has 0 bridgehead atoms. The molecule has 0 amide bonds. The highest BCUT2D eigenvalue weighted by Crippen LogP contribution is 2.19. The predicted octanol–water partition coefficient (Wildman–Crippen LogP) is 2.84. The summed E-state index contributed by atoms with van der Waals surface area (Å²) in [6, 6.07) is 8.25. The lowest BCUT2D eigenvalue weighted by Gasteiger charge is -2.29. The standard InChI is InChI=1S/C15H24N2O/c1-3-18-15-6-4-14(5-7-15)16-12-13-8-10-17(2)11-9-13/h4-7,13,16H,3,8-12H2,1-2H3. The lowest BCUT2D eigenvalue weighted by atomic mass is 9.97. The normalized spacial score (nSPS) is 17.7. The molecule has 0 unspecified atom stereocenters. The van der Waals surface area contributed by atoms with Crippen molar-refractivity contribution in [2.24, 2.45) is 5.92 Å². The van der Waals surface area contributed by atoms with Gasteiger partial charge in [0.05, 0.1) is 6.61 Å². The van der Waals surface area contributed by atoms with Gasteiger partial charge in [0.25, 0.3) is 0 Å². The molecule has 0 atom stereocenters. The van der Waals surface area contributed by atoms with Gasteiger partial charge in [0.15, 0.2) is 0 Å². The fourth-order valence-electron chi connectivity index (χ4n) is 2.36. The van der Waals surface area contributed by atoms with Gasteiger partial charge in [-0.2, -0.15) is 0 Å². The van der Waals surface area contributed by atoms with Crippen LogP contribution in [0.2, 0.25) is 0 Å². The van der Waals surface area contributed by atoms with E-state index in [1.807, 2.05) is 19.1 Å². The number of benzene rings is 1. The number of hydrogen-bond donors (Lipinski definition) is 1. The summed E-state index contributed by atoms with van der Waals surface area (Å²) < 4.78 is 5.43. The molecule has 1 aromatic carbocycles. The molecule has 0 spiro atoms. The maximum atomic E-state index is 5.43. The second kappa shape index (κ2) is 6.64. The van der Waals surface area contributed by atoms with Gasteiger partial charge in [-0.3, -0.25) is 0 Å². The third kappa shape index (κ3) is 3.91. The fourth-order valence-corrected chi connectivity index (χ4v) is 2.36. The largest absolute Gasteiger partial charge is 0.494 e. The average molecular weight is 248 g/mol. The van der Waals surface area contributed by atoms with E-state index in [1.165, 1.54) is 31.6 Å². The Balaban J connectivity index is 1.76. The zero-order valence-corrected chi connectivity index (χ0v) is 11.5. The van der Waals surface area contributed by atoms with Gasteiger partial charge < -0.3 is 15.0 Å². The van der Waals surface area contributed by atoms with E-state index in [0.29, 0.717) is 0 Å². The van der Waals surface area contributed by atoms with Crippen LogP contribution < -0.4 is 10.1 Å². The van der Waals surface area contributed by atoms with Gasteiger partial charge in [0, 0.05) is 12.2 Å². The third-order valence-corrected chi connectivity index (χ3v) is 3.60. The van der Waals surface area contributed by atoms with Crippen LogP contribution in [0.25, 0.3) is 0 Å². The Bertz CT molecular complexity index is 342. The summed E-state index contributed by atoms with van der Waals surface area (Å²) in [7, 11) is 2.20. The van der Waals surface area contributed by atoms with Crippen molar-refractivity contribution in [1.29, 1.82) is 0 Å². The van der Waals surface area contributed by atoms with Crippen LogP contribution in [0.5, 0.6) is 5.75 Å². The van der Waals surface area contributed by atoms with Crippen LogP contribution in [0.15, 0.2) is 24.3 Å². The molecule has 0 saturated carbocycles. The molecule has 18 heavy (non-hydrogen) atoms. The van der Waals surface area contributed by atoms with Crippen LogP contribution in [-0.2, 0) is 0 Å². The average Bonchev–Trinajstić information content (AvgIpc) is 2.40. The number of nitrogens with one attached hydrogen (secondary N) is 1. The van der Waals surface area contributed by atoms with E-state index in [-0.39, 0.29) is 0 Å². The number of nitrogens with zero attached hydrogens (tertiary/aromatic N) is 1. The Morgan fingerprint density at radius 1 is 1.22 bits per heavy atom. The van der Waals surface area contributed by atoms with E-state index in [9.17, 15) is 0 Å². The van der Waals surface area contributed by atoms with E-state index in [4.69, 9.17) is 4.74 Å². The third-order valence-electron chi connectivity index (χ3n) is 3.60. The second-order valence-electron chi connectivity index (χ2n) is 5.08. The molecule has 3 heteroatoms. The highest BCUT2D eigenvalue weighted by molar-refractivity contribution is 5.46. The molecule has 0 aliphatic carbocycles. The maximum absolute atomic E-state index is 5.43. The van der Waals surface area contributed by atoms with E-state index in [1.54, 1.807) is 0 Å². The number of rotatable bonds is 5. The van der Waals surface area contributed by atoms with Gasteiger partial charge in [-0.25, -0.2) is 0 Å². The molecule has 1 aromatic rings. The van der Waals surface area contributed by atoms with Crippen LogP contribution in [0, 0.1) is 5.92 Å². The van der Waals surface area contributed by atoms with Crippen molar-refractivity contribution in [3.8, 4) is 5.75 Å². The van der Waals surface area contributed by atoms with E-state index in [0.717, 1.165) is 24.8 Å². The molecular weight excluding hydrogens is 224 g/mol. The zero-order valence-electron chi connectivity index (χ0n) is 11.5.